The smallest absolute Gasteiger partial charge is 0.0635 e. The Balaban J connectivity index is 2.18. The first-order valence-electron chi connectivity index (χ1n) is 5.04. The molecule has 1 atom stereocenters. The number of nitriles is 1. The summed E-state index contributed by atoms with van der Waals surface area (Å²) in [6.45, 7) is 7.01. The van der Waals surface area contributed by atoms with Crippen LogP contribution >= 0.6 is 0 Å². The number of hydrogen-bond donors (Lipinski definition) is 0. The molecule has 0 aromatic heterocycles. The van der Waals surface area contributed by atoms with Gasteiger partial charge in [-0.1, -0.05) is 6.92 Å². The highest BCUT2D eigenvalue weighted by Gasteiger charge is 2.17. The summed E-state index contributed by atoms with van der Waals surface area (Å²) in [6.07, 6.45) is 1.82. The zero-order valence-electron chi connectivity index (χ0n) is 8.33. The van der Waals surface area contributed by atoms with Gasteiger partial charge in [-0.25, -0.2) is 0 Å². The van der Waals surface area contributed by atoms with Crippen LogP contribution in [0, 0.1) is 17.2 Å². The SMILES string of the molecule is CCN(CCC#N)CC1CCOC1. The van der Waals surface area contributed by atoms with E-state index in [0.717, 1.165) is 32.8 Å². The fraction of sp³-hybridized carbons (Fsp3) is 0.900. The van der Waals surface area contributed by atoms with Gasteiger partial charge < -0.3 is 9.64 Å². The molecule has 13 heavy (non-hydrogen) atoms. The fourth-order valence-corrected chi connectivity index (χ4v) is 1.68. The standard InChI is InChI=1S/C10H18N2O/c1-2-12(6-3-5-11)8-10-4-7-13-9-10/h10H,2-4,6-9H2,1H3. The first-order valence-corrected chi connectivity index (χ1v) is 5.04. The Morgan fingerprint density at radius 3 is 3.00 bits per heavy atom. The monoisotopic (exact) mass is 182 g/mol. The van der Waals surface area contributed by atoms with Gasteiger partial charge in [-0.3, -0.25) is 0 Å². The average Bonchev–Trinajstić information content (AvgIpc) is 2.64. The maximum absolute atomic E-state index is 8.47. The minimum atomic E-state index is 0.640. The van der Waals surface area contributed by atoms with Crippen LogP contribution in [0.3, 0.4) is 0 Å². The minimum Gasteiger partial charge on any atom is -0.381 e. The molecule has 0 spiro atoms. The minimum absolute atomic E-state index is 0.640. The predicted octanol–water partition coefficient (Wildman–Crippen LogP) is 1.26. The van der Waals surface area contributed by atoms with Crippen molar-refractivity contribution < 1.29 is 4.74 Å². The predicted molar refractivity (Wildman–Crippen MR) is 51.3 cm³/mol. The Kier molecular flexibility index (Phi) is 4.81. The van der Waals surface area contributed by atoms with Crippen molar-refractivity contribution in [3.63, 3.8) is 0 Å². The van der Waals surface area contributed by atoms with Gasteiger partial charge in [-0.2, -0.15) is 5.26 Å². The molecule has 1 saturated heterocycles. The molecule has 1 rings (SSSR count). The molecule has 0 amide bonds. The topological polar surface area (TPSA) is 36.3 Å². The molecule has 0 bridgehead atoms. The second-order valence-corrected chi connectivity index (χ2v) is 3.53. The normalized spacial score (nSPS) is 22.1. The third-order valence-corrected chi connectivity index (χ3v) is 2.53. The summed E-state index contributed by atoms with van der Waals surface area (Å²) in [5.41, 5.74) is 0. The van der Waals surface area contributed by atoms with Gasteiger partial charge in [0.15, 0.2) is 0 Å². The number of nitrogens with zero attached hydrogens (tertiary/aromatic N) is 2. The number of rotatable bonds is 5. The second-order valence-electron chi connectivity index (χ2n) is 3.53. The van der Waals surface area contributed by atoms with Gasteiger partial charge in [-0.05, 0) is 18.9 Å². The fourth-order valence-electron chi connectivity index (χ4n) is 1.68. The Labute approximate surface area is 80.3 Å². The molecule has 1 heterocycles. The lowest BCUT2D eigenvalue weighted by Crippen LogP contribution is -2.30. The maximum Gasteiger partial charge on any atom is 0.0635 e. The average molecular weight is 182 g/mol. The van der Waals surface area contributed by atoms with E-state index in [0.29, 0.717) is 12.3 Å². The lowest BCUT2D eigenvalue weighted by molar-refractivity contribution is 0.169. The highest BCUT2D eigenvalue weighted by Crippen LogP contribution is 2.13. The van der Waals surface area contributed by atoms with Gasteiger partial charge in [0.05, 0.1) is 12.7 Å². The van der Waals surface area contributed by atoms with Crippen molar-refractivity contribution in [2.24, 2.45) is 5.92 Å². The van der Waals surface area contributed by atoms with Crippen LogP contribution in [0.4, 0.5) is 0 Å². The van der Waals surface area contributed by atoms with Crippen molar-refractivity contribution in [2.45, 2.75) is 19.8 Å². The van der Waals surface area contributed by atoms with Gasteiger partial charge in [0.25, 0.3) is 0 Å². The van der Waals surface area contributed by atoms with E-state index < -0.39 is 0 Å². The zero-order chi connectivity index (χ0) is 9.52. The molecule has 0 radical (unpaired) electrons. The molecule has 74 valence electrons. The van der Waals surface area contributed by atoms with Crippen molar-refractivity contribution >= 4 is 0 Å². The van der Waals surface area contributed by atoms with Crippen LogP contribution in [-0.2, 0) is 4.74 Å². The van der Waals surface area contributed by atoms with E-state index >= 15 is 0 Å². The van der Waals surface area contributed by atoms with E-state index in [1.54, 1.807) is 0 Å². The lowest BCUT2D eigenvalue weighted by Gasteiger charge is -2.21. The molecule has 3 heteroatoms. The molecular weight excluding hydrogens is 164 g/mol. The van der Waals surface area contributed by atoms with Gasteiger partial charge in [0.1, 0.15) is 0 Å². The number of hydrogen-bond acceptors (Lipinski definition) is 3. The van der Waals surface area contributed by atoms with Crippen molar-refractivity contribution in [3.8, 4) is 6.07 Å². The van der Waals surface area contributed by atoms with Crippen LogP contribution in [-0.4, -0.2) is 37.7 Å². The van der Waals surface area contributed by atoms with Crippen LogP contribution in [0.2, 0.25) is 0 Å². The van der Waals surface area contributed by atoms with Crippen molar-refractivity contribution in [3.05, 3.63) is 0 Å². The molecule has 0 aromatic carbocycles. The summed E-state index contributed by atoms with van der Waals surface area (Å²) in [5.74, 6) is 0.693. The van der Waals surface area contributed by atoms with E-state index in [2.05, 4.69) is 17.9 Å². The summed E-state index contributed by atoms with van der Waals surface area (Å²) >= 11 is 0. The molecule has 1 aliphatic rings. The Morgan fingerprint density at radius 2 is 2.46 bits per heavy atom. The van der Waals surface area contributed by atoms with Crippen LogP contribution in [0.5, 0.6) is 0 Å². The van der Waals surface area contributed by atoms with Gasteiger partial charge in [0.2, 0.25) is 0 Å². The first kappa shape index (κ1) is 10.5. The van der Waals surface area contributed by atoms with E-state index in [1.165, 1.54) is 6.42 Å². The van der Waals surface area contributed by atoms with Crippen molar-refractivity contribution in [1.82, 2.24) is 4.90 Å². The molecule has 1 unspecified atom stereocenters. The van der Waals surface area contributed by atoms with Gasteiger partial charge in [-0.15, -0.1) is 0 Å². The molecule has 3 nitrogen and oxygen atoms in total. The largest absolute Gasteiger partial charge is 0.381 e. The summed E-state index contributed by atoms with van der Waals surface area (Å²) in [5, 5.41) is 8.47. The summed E-state index contributed by atoms with van der Waals surface area (Å²) < 4.78 is 5.32. The Morgan fingerprint density at radius 1 is 1.62 bits per heavy atom. The van der Waals surface area contributed by atoms with Gasteiger partial charge in [0, 0.05) is 26.1 Å². The van der Waals surface area contributed by atoms with E-state index in [4.69, 9.17) is 10.00 Å². The Hall–Kier alpha value is -0.590. The molecule has 0 saturated carbocycles. The summed E-state index contributed by atoms with van der Waals surface area (Å²) in [6, 6.07) is 2.18. The quantitative estimate of drug-likeness (QED) is 0.642. The molecule has 1 fully saturated rings. The highest BCUT2D eigenvalue weighted by atomic mass is 16.5. The lowest BCUT2D eigenvalue weighted by atomic mass is 10.1. The maximum atomic E-state index is 8.47. The van der Waals surface area contributed by atoms with Crippen LogP contribution in [0.15, 0.2) is 0 Å². The van der Waals surface area contributed by atoms with Crippen LogP contribution in [0.25, 0.3) is 0 Å². The Bertz CT molecular complexity index is 170. The molecule has 0 aromatic rings. The van der Waals surface area contributed by atoms with Gasteiger partial charge >= 0.3 is 0 Å². The van der Waals surface area contributed by atoms with E-state index in [-0.39, 0.29) is 0 Å². The summed E-state index contributed by atoms with van der Waals surface area (Å²) in [4.78, 5) is 2.34. The summed E-state index contributed by atoms with van der Waals surface area (Å²) in [7, 11) is 0. The molecule has 0 aliphatic carbocycles. The van der Waals surface area contributed by atoms with Crippen LogP contribution in [0.1, 0.15) is 19.8 Å². The molecule has 0 N–H and O–H groups in total. The van der Waals surface area contributed by atoms with E-state index in [9.17, 15) is 0 Å². The number of ether oxygens (including phenoxy) is 1. The van der Waals surface area contributed by atoms with Crippen LogP contribution < -0.4 is 0 Å². The third kappa shape index (κ3) is 3.75. The molecular formula is C10H18N2O. The third-order valence-electron chi connectivity index (χ3n) is 2.53. The van der Waals surface area contributed by atoms with E-state index in [1.807, 2.05) is 0 Å². The first-order chi connectivity index (χ1) is 6.36. The molecule has 1 aliphatic heterocycles. The zero-order valence-corrected chi connectivity index (χ0v) is 8.33. The van der Waals surface area contributed by atoms with Crippen molar-refractivity contribution in [2.75, 3.05) is 32.8 Å². The highest BCUT2D eigenvalue weighted by molar-refractivity contribution is 4.74. The second kappa shape index (κ2) is 5.95. The van der Waals surface area contributed by atoms with Crippen molar-refractivity contribution in [1.29, 1.82) is 5.26 Å².